The number of rotatable bonds is 2. The highest BCUT2D eigenvalue weighted by Gasteiger charge is 2.11. The number of fused-ring (bicyclic) bond motifs is 1. The van der Waals surface area contributed by atoms with Crippen molar-refractivity contribution in [2.24, 2.45) is 0 Å². The maximum atomic E-state index is 11.1. The van der Waals surface area contributed by atoms with Crippen molar-refractivity contribution >= 4 is 27.8 Å². The third kappa shape index (κ3) is 5.85. The highest BCUT2D eigenvalue weighted by atomic mass is 35.7. The molecule has 0 bridgehead atoms. The van der Waals surface area contributed by atoms with Crippen molar-refractivity contribution in [1.29, 1.82) is 0 Å². The minimum Gasteiger partial charge on any atom is -0.326 e. The second kappa shape index (κ2) is 7.67. The molecule has 24 heavy (non-hydrogen) atoms. The molecule has 2 heterocycles. The molecule has 1 amide bonds. The van der Waals surface area contributed by atoms with E-state index in [0.29, 0.717) is 0 Å². The first-order valence-electron chi connectivity index (χ1n) is 6.62. The van der Waals surface area contributed by atoms with Gasteiger partial charge in [0.2, 0.25) is 5.91 Å². The molecular formula is C15H13ClN2O5S. The number of anilines is 1. The molecule has 1 aromatic carbocycles. The van der Waals surface area contributed by atoms with Crippen molar-refractivity contribution in [3.63, 3.8) is 0 Å². The van der Waals surface area contributed by atoms with E-state index < -0.39 is 10.2 Å². The zero-order valence-electron chi connectivity index (χ0n) is 12.5. The normalized spacial score (nSPS) is 10.9. The van der Waals surface area contributed by atoms with Crippen LogP contribution in [0.2, 0.25) is 0 Å². The summed E-state index contributed by atoms with van der Waals surface area (Å²) in [5.41, 5.74) is 1.94. The fourth-order valence-corrected chi connectivity index (χ4v) is 2.99. The first-order valence-corrected chi connectivity index (χ1v) is 8.67. The Balaban J connectivity index is 0.000000368. The Morgan fingerprint density at radius 2 is 1.83 bits per heavy atom. The summed E-state index contributed by atoms with van der Waals surface area (Å²) in [5.74, 6) is -0.0529. The minimum atomic E-state index is -4.94. The van der Waals surface area contributed by atoms with Crippen LogP contribution in [0.15, 0.2) is 54.9 Å². The Kier molecular flexibility index (Phi) is 5.84. The lowest BCUT2D eigenvalue weighted by Gasteiger charge is -2.17. The van der Waals surface area contributed by atoms with Gasteiger partial charge in [-0.3, -0.25) is 4.79 Å². The van der Waals surface area contributed by atoms with Crippen molar-refractivity contribution in [2.75, 3.05) is 5.32 Å². The number of nitrogens with one attached hydrogen (secondary N) is 1. The number of pyridine rings is 1. The molecule has 0 saturated heterocycles. The van der Waals surface area contributed by atoms with Crippen LogP contribution in [0.5, 0.6) is 0 Å². The molecule has 7 nitrogen and oxygen atoms in total. The van der Waals surface area contributed by atoms with Crippen LogP contribution >= 0.6 is 11.3 Å². The topological polar surface area (TPSA) is 125 Å². The third-order valence-electron chi connectivity index (χ3n) is 2.79. The number of halogens is 1. The molecule has 0 atom stereocenters. The van der Waals surface area contributed by atoms with E-state index in [-0.39, 0.29) is 5.91 Å². The first kappa shape index (κ1) is 18.3. The van der Waals surface area contributed by atoms with E-state index in [2.05, 4.69) is 28.0 Å². The van der Waals surface area contributed by atoms with Crippen LogP contribution in [0.4, 0.5) is 5.69 Å². The Morgan fingerprint density at radius 3 is 2.46 bits per heavy atom. The van der Waals surface area contributed by atoms with Crippen LogP contribution < -0.4 is 28.4 Å². The van der Waals surface area contributed by atoms with Gasteiger partial charge in [0.05, 0.1) is 0 Å². The molecule has 0 aliphatic carbocycles. The standard InChI is InChI=1S/C15H12N2OS.ClHO4/c1-11(18)16-13-6-4-5-12(9-13)14-10-17-8-3-2-7-15(17)19-14;2-1(3,4)5/h2-10H,1H3;(H,2,3,4,5). The average Bonchev–Trinajstić information content (AvgIpc) is 2.89. The van der Waals surface area contributed by atoms with E-state index in [9.17, 15) is 4.79 Å². The summed E-state index contributed by atoms with van der Waals surface area (Å²) in [5, 5.41) is 2.81. The van der Waals surface area contributed by atoms with Gasteiger partial charge in [0.1, 0.15) is 4.88 Å². The van der Waals surface area contributed by atoms with E-state index in [0.717, 1.165) is 11.3 Å². The van der Waals surface area contributed by atoms with Crippen LogP contribution in [0.25, 0.3) is 15.3 Å². The van der Waals surface area contributed by atoms with Gasteiger partial charge in [0.15, 0.2) is 12.4 Å². The largest absolute Gasteiger partial charge is 0.326 e. The number of nitrogens with zero attached hydrogens (tertiary/aromatic N) is 1. The van der Waals surface area contributed by atoms with Crippen molar-refractivity contribution in [1.82, 2.24) is 0 Å². The number of carbonyl (C=O) groups excluding carboxylic acids is 1. The lowest BCUT2D eigenvalue weighted by Crippen LogP contribution is -2.68. The van der Waals surface area contributed by atoms with Gasteiger partial charge < -0.3 is 5.32 Å². The molecule has 3 aromatic rings. The highest BCUT2D eigenvalue weighted by molar-refractivity contribution is 7.20. The van der Waals surface area contributed by atoms with Crippen LogP contribution in [0.1, 0.15) is 6.92 Å². The molecule has 0 fully saturated rings. The van der Waals surface area contributed by atoms with E-state index in [4.69, 9.17) is 18.6 Å². The zero-order chi connectivity index (χ0) is 17.7. The molecule has 0 radical (unpaired) electrons. The van der Waals surface area contributed by atoms with Gasteiger partial charge in [-0.25, -0.2) is 18.6 Å². The van der Waals surface area contributed by atoms with E-state index in [1.54, 1.807) is 11.3 Å². The number of aromatic nitrogens is 1. The number of hydrogen-bond donors (Lipinski definition) is 1. The van der Waals surface area contributed by atoms with Gasteiger partial charge in [0, 0.05) is 30.3 Å². The van der Waals surface area contributed by atoms with Crippen LogP contribution in [-0.4, -0.2) is 5.91 Å². The summed E-state index contributed by atoms with van der Waals surface area (Å²) in [6.07, 6.45) is 4.14. The predicted molar refractivity (Wildman–Crippen MR) is 77.2 cm³/mol. The summed E-state index contributed by atoms with van der Waals surface area (Å²) in [4.78, 5) is 13.5. The first-order chi connectivity index (χ1) is 11.2. The summed E-state index contributed by atoms with van der Waals surface area (Å²) in [6, 6.07) is 14.0. The quantitative estimate of drug-likeness (QED) is 0.543. The molecule has 3 rings (SSSR count). The number of thiazole rings is 1. The second-order valence-corrected chi connectivity index (χ2v) is 6.50. The molecule has 1 N–H and O–H groups in total. The van der Waals surface area contributed by atoms with Crippen molar-refractivity contribution in [2.45, 2.75) is 6.92 Å². The molecule has 0 aliphatic rings. The molecule has 0 saturated carbocycles. The summed E-state index contributed by atoms with van der Waals surface area (Å²) < 4.78 is 36.1. The van der Waals surface area contributed by atoms with Gasteiger partial charge in [-0.05, 0) is 18.2 Å². The van der Waals surface area contributed by atoms with Gasteiger partial charge >= 0.3 is 0 Å². The maximum absolute atomic E-state index is 11.1. The predicted octanol–water partition coefficient (Wildman–Crippen LogP) is -1.64. The maximum Gasteiger partial charge on any atom is 0.267 e. The number of amides is 1. The Hall–Kier alpha value is -2.07. The fourth-order valence-electron chi connectivity index (χ4n) is 1.99. The highest BCUT2D eigenvalue weighted by Crippen LogP contribution is 2.27. The Labute approximate surface area is 143 Å². The smallest absolute Gasteiger partial charge is 0.267 e. The molecule has 2 aromatic heterocycles. The van der Waals surface area contributed by atoms with Gasteiger partial charge in [-0.1, -0.05) is 23.5 Å². The Morgan fingerprint density at radius 1 is 1.12 bits per heavy atom. The van der Waals surface area contributed by atoms with Gasteiger partial charge in [0.25, 0.3) is 4.83 Å². The lowest BCUT2D eigenvalue weighted by molar-refractivity contribution is -2.00. The zero-order valence-corrected chi connectivity index (χ0v) is 14.0. The molecule has 0 spiro atoms. The van der Waals surface area contributed by atoms with Crippen LogP contribution in [-0.2, 0) is 4.79 Å². The van der Waals surface area contributed by atoms with Gasteiger partial charge in [-0.2, -0.15) is 4.40 Å². The minimum absolute atomic E-state index is 0.0529. The van der Waals surface area contributed by atoms with Crippen molar-refractivity contribution in [3.8, 4) is 10.4 Å². The number of benzene rings is 1. The summed E-state index contributed by atoms with van der Waals surface area (Å²) in [7, 11) is -4.94. The SMILES string of the molecule is CC(=O)Nc1cccc(-c2c[n+]3ccccc3s2)c1.[O-][Cl+3]([O-])([O-])[O-]. The molecule has 0 unspecified atom stereocenters. The van der Waals surface area contributed by atoms with Crippen molar-refractivity contribution < 1.29 is 38.1 Å². The van der Waals surface area contributed by atoms with E-state index >= 15 is 0 Å². The van der Waals surface area contributed by atoms with Crippen LogP contribution in [0, 0.1) is 10.2 Å². The monoisotopic (exact) mass is 368 g/mol. The summed E-state index contributed by atoms with van der Waals surface area (Å²) >= 11 is 1.73. The third-order valence-corrected chi connectivity index (χ3v) is 3.91. The van der Waals surface area contributed by atoms with Crippen LogP contribution in [0.3, 0.4) is 0 Å². The van der Waals surface area contributed by atoms with Crippen molar-refractivity contribution in [3.05, 3.63) is 54.9 Å². The fraction of sp³-hybridized carbons (Fsp3) is 0.0667. The van der Waals surface area contributed by atoms with E-state index in [1.165, 1.54) is 16.6 Å². The summed E-state index contributed by atoms with van der Waals surface area (Å²) in [6.45, 7) is 1.52. The molecular weight excluding hydrogens is 356 g/mol. The Bertz CT molecular complexity index is 808. The number of carbonyl (C=O) groups is 1. The average molecular weight is 369 g/mol. The molecule has 0 aliphatic heterocycles. The molecule has 9 heteroatoms. The van der Waals surface area contributed by atoms with Gasteiger partial charge in [-0.15, -0.1) is 10.2 Å². The van der Waals surface area contributed by atoms with E-state index in [1.807, 2.05) is 36.5 Å². The lowest BCUT2D eigenvalue weighted by atomic mass is 10.2. The number of hydrogen-bond acceptors (Lipinski definition) is 6. The second-order valence-electron chi connectivity index (χ2n) is 4.68. The molecule has 126 valence electrons.